The monoisotopic (exact) mass is 391 g/mol. The van der Waals surface area contributed by atoms with Crippen LogP contribution in [0.1, 0.15) is 42.4 Å². The Bertz CT molecular complexity index is 999. The first kappa shape index (κ1) is 19.8. The van der Waals surface area contributed by atoms with E-state index in [9.17, 15) is 5.26 Å². The van der Waals surface area contributed by atoms with Gasteiger partial charge in [-0.25, -0.2) is 10.5 Å². The van der Waals surface area contributed by atoms with Crippen molar-refractivity contribution in [3.63, 3.8) is 0 Å². The summed E-state index contributed by atoms with van der Waals surface area (Å²) in [6.07, 6.45) is 2.96. The second kappa shape index (κ2) is 9.29. The van der Waals surface area contributed by atoms with Crippen LogP contribution in [0, 0.1) is 16.9 Å². The lowest BCUT2D eigenvalue weighted by Crippen LogP contribution is -2.05. The second-order valence-electron chi connectivity index (χ2n) is 6.63. The van der Waals surface area contributed by atoms with Gasteiger partial charge in [-0.3, -0.25) is 0 Å². The number of rotatable bonds is 8. The fourth-order valence-corrected chi connectivity index (χ4v) is 3.46. The van der Waals surface area contributed by atoms with Crippen molar-refractivity contribution < 1.29 is 0 Å². The van der Waals surface area contributed by atoms with Gasteiger partial charge in [-0.2, -0.15) is 10.4 Å². The zero-order valence-electron chi connectivity index (χ0n) is 15.8. The summed E-state index contributed by atoms with van der Waals surface area (Å²) in [6.45, 7) is 2.96. The van der Waals surface area contributed by atoms with Gasteiger partial charge in [0, 0.05) is 6.42 Å². The number of nitrogens with zero attached hydrogens (tertiary/aromatic N) is 4. The van der Waals surface area contributed by atoms with E-state index in [0.29, 0.717) is 23.0 Å². The molecule has 28 heavy (non-hydrogen) atoms. The minimum Gasteiger partial charge on any atom is -0.314 e. The van der Waals surface area contributed by atoms with Crippen LogP contribution in [0.25, 0.3) is 11.1 Å². The molecule has 6 heteroatoms. The molecule has 0 fully saturated rings. The number of imidazole rings is 1. The van der Waals surface area contributed by atoms with E-state index in [-0.39, 0.29) is 6.54 Å². The molecule has 3 aromatic rings. The quantitative estimate of drug-likeness (QED) is 0.478. The molecule has 0 aliphatic carbocycles. The van der Waals surface area contributed by atoms with Gasteiger partial charge in [0.25, 0.3) is 0 Å². The molecule has 0 spiro atoms. The van der Waals surface area contributed by atoms with Gasteiger partial charge in [0.1, 0.15) is 23.2 Å². The highest BCUT2D eigenvalue weighted by Crippen LogP contribution is 2.25. The highest BCUT2D eigenvalue weighted by Gasteiger charge is 2.15. The summed E-state index contributed by atoms with van der Waals surface area (Å²) in [5, 5.41) is 13.3. The molecule has 0 bridgehead atoms. The maximum atomic E-state index is 9.31. The number of benzene rings is 2. The number of nitrogens with one attached hydrogen (secondary N) is 1. The van der Waals surface area contributed by atoms with Crippen molar-refractivity contribution in [3.8, 4) is 17.2 Å². The first-order valence-electron chi connectivity index (χ1n) is 9.33. The van der Waals surface area contributed by atoms with Crippen LogP contribution in [0.3, 0.4) is 0 Å². The Morgan fingerprint density at radius 3 is 2.61 bits per heavy atom. The third-order valence-electron chi connectivity index (χ3n) is 4.69. The Hall–Kier alpha value is -2.97. The second-order valence-corrected chi connectivity index (χ2v) is 6.98. The molecule has 0 unspecified atom stereocenters. The number of aromatic nitrogens is 2. The summed E-state index contributed by atoms with van der Waals surface area (Å²) in [6, 6.07) is 18.0. The molecule has 0 saturated heterocycles. The largest absolute Gasteiger partial charge is 0.314 e. The number of nitriles is 1. The number of aryl methyl sites for hydroxylation is 1. The number of halogens is 1. The van der Waals surface area contributed by atoms with E-state index in [0.717, 1.165) is 41.8 Å². The highest BCUT2D eigenvalue weighted by molar-refractivity contribution is 6.30. The van der Waals surface area contributed by atoms with Crippen LogP contribution in [-0.2, 0) is 19.5 Å². The smallest absolute Gasteiger partial charge is 0.134 e. The van der Waals surface area contributed by atoms with Crippen molar-refractivity contribution in [2.75, 3.05) is 0 Å². The van der Waals surface area contributed by atoms with E-state index in [4.69, 9.17) is 17.1 Å². The SMILES string of the molecule is CCCCc1nc(CN=N)c(Cl)n1Cc1ccc(-c2ccccc2C#N)cc1. The molecule has 1 aromatic heterocycles. The van der Waals surface area contributed by atoms with E-state index in [2.05, 4.69) is 35.2 Å². The molecule has 0 saturated carbocycles. The van der Waals surface area contributed by atoms with Gasteiger partial charge in [-0.05, 0) is 29.2 Å². The molecule has 0 amide bonds. The van der Waals surface area contributed by atoms with Crippen LogP contribution in [0.5, 0.6) is 0 Å². The molecule has 0 atom stereocenters. The predicted octanol–water partition coefficient (Wildman–Crippen LogP) is 6.00. The Balaban J connectivity index is 1.88. The standard InChI is InChI=1S/C22H22ClN5/c1-2-3-8-21-27-20(14-26-25)22(23)28(21)15-16-9-11-17(12-10-16)19-7-5-4-6-18(19)13-24/h4-7,9-12,25H,2-3,8,14-15H2,1H3. The highest BCUT2D eigenvalue weighted by atomic mass is 35.5. The van der Waals surface area contributed by atoms with Gasteiger partial charge in [0.05, 0.1) is 18.2 Å². The molecule has 1 N–H and O–H groups in total. The third kappa shape index (κ3) is 4.29. The molecule has 2 aromatic carbocycles. The van der Waals surface area contributed by atoms with Crippen LogP contribution < -0.4 is 0 Å². The summed E-state index contributed by atoms with van der Waals surface area (Å²) >= 11 is 6.52. The molecule has 3 rings (SSSR count). The summed E-state index contributed by atoms with van der Waals surface area (Å²) in [7, 11) is 0. The number of hydrogen-bond acceptors (Lipinski definition) is 4. The maximum Gasteiger partial charge on any atom is 0.134 e. The van der Waals surface area contributed by atoms with E-state index in [1.165, 1.54) is 0 Å². The minimum absolute atomic E-state index is 0.203. The Labute approximate surface area is 170 Å². The molecular weight excluding hydrogens is 370 g/mol. The normalized spacial score (nSPS) is 10.6. The van der Waals surface area contributed by atoms with E-state index < -0.39 is 0 Å². The van der Waals surface area contributed by atoms with Crippen molar-refractivity contribution >= 4 is 11.6 Å². The van der Waals surface area contributed by atoms with Crippen molar-refractivity contribution in [2.24, 2.45) is 5.11 Å². The molecule has 0 aliphatic heterocycles. The number of unbranched alkanes of at least 4 members (excludes halogenated alkanes) is 1. The fourth-order valence-electron chi connectivity index (χ4n) is 3.20. The first-order valence-corrected chi connectivity index (χ1v) is 9.71. The van der Waals surface area contributed by atoms with Crippen molar-refractivity contribution in [1.82, 2.24) is 9.55 Å². The molecule has 1 heterocycles. The lowest BCUT2D eigenvalue weighted by molar-refractivity contribution is 0.678. The molecule has 0 aliphatic rings. The predicted molar refractivity (Wildman–Crippen MR) is 110 cm³/mol. The summed E-state index contributed by atoms with van der Waals surface area (Å²) in [5.74, 6) is 0.935. The molecule has 0 radical (unpaired) electrons. The average molecular weight is 392 g/mol. The van der Waals surface area contributed by atoms with Crippen molar-refractivity contribution in [2.45, 2.75) is 39.3 Å². The van der Waals surface area contributed by atoms with Crippen molar-refractivity contribution in [3.05, 3.63) is 76.3 Å². The summed E-state index contributed by atoms with van der Waals surface area (Å²) in [4.78, 5) is 4.60. The maximum absolute atomic E-state index is 9.31. The Morgan fingerprint density at radius 2 is 1.93 bits per heavy atom. The lowest BCUT2D eigenvalue weighted by Gasteiger charge is -2.11. The minimum atomic E-state index is 0.203. The Kier molecular flexibility index (Phi) is 6.57. The van der Waals surface area contributed by atoms with Gasteiger partial charge in [0.2, 0.25) is 0 Å². The topological polar surface area (TPSA) is 77.8 Å². The van der Waals surface area contributed by atoms with Crippen LogP contribution in [0.2, 0.25) is 5.15 Å². The summed E-state index contributed by atoms with van der Waals surface area (Å²) < 4.78 is 2.01. The zero-order valence-corrected chi connectivity index (χ0v) is 16.6. The zero-order chi connectivity index (χ0) is 19.9. The van der Waals surface area contributed by atoms with E-state index >= 15 is 0 Å². The van der Waals surface area contributed by atoms with Gasteiger partial charge in [0.15, 0.2) is 0 Å². The van der Waals surface area contributed by atoms with Crippen LogP contribution >= 0.6 is 11.6 Å². The van der Waals surface area contributed by atoms with Crippen LogP contribution in [-0.4, -0.2) is 9.55 Å². The van der Waals surface area contributed by atoms with E-state index in [1.54, 1.807) is 0 Å². The van der Waals surface area contributed by atoms with Gasteiger partial charge >= 0.3 is 0 Å². The van der Waals surface area contributed by atoms with Crippen LogP contribution in [0.4, 0.5) is 0 Å². The first-order chi connectivity index (χ1) is 13.7. The average Bonchev–Trinajstić information content (AvgIpc) is 3.02. The molecular formula is C22H22ClN5. The molecule has 142 valence electrons. The summed E-state index contributed by atoms with van der Waals surface area (Å²) in [5.41, 5.74) is 11.5. The van der Waals surface area contributed by atoms with Gasteiger partial charge < -0.3 is 4.57 Å². The van der Waals surface area contributed by atoms with Crippen molar-refractivity contribution in [1.29, 1.82) is 10.8 Å². The number of hydrogen-bond donors (Lipinski definition) is 1. The fraction of sp³-hybridized carbons (Fsp3) is 0.273. The molecule has 5 nitrogen and oxygen atoms in total. The lowest BCUT2D eigenvalue weighted by atomic mass is 9.99. The Morgan fingerprint density at radius 1 is 1.18 bits per heavy atom. The van der Waals surface area contributed by atoms with Gasteiger partial charge in [-0.1, -0.05) is 67.4 Å². The van der Waals surface area contributed by atoms with E-state index in [1.807, 2.05) is 41.0 Å². The van der Waals surface area contributed by atoms with Gasteiger partial charge in [-0.15, -0.1) is 0 Å². The third-order valence-corrected chi connectivity index (χ3v) is 5.11. The van der Waals surface area contributed by atoms with Crippen LogP contribution in [0.15, 0.2) is 53.6 Å².